The third-order valence-electron chi connectivity index (χ3n) is 3.19. The number of aromatic nitrogens is 1. The molecule has 0 spiro atoms. The SMILES string of the molecule is Nc1ncc(F)cc1C(=O)NCCC1CCC1. The molecular weight excluding hydrogens is 221 g/mol. The lowest BCUT2D eigenvalue weighted by Crippen LogP contribution is -2.28. The summed E-state index contributed by atoms with van der Waals surface area (Å²) in [5.41, 5.74) is 5.63. The number of rotatable bonds is 4. The van der Waals surface area contributed by atoms with Crippen molar-refractivity contribution in [1.29, 1.82) is 0 Å². The number of nitrogen functional groups attached to an aromatic ring is 1. The molecule has 5 heteroatoms. The maximum Gasteiger partial charge on any atom is 0.255 e. The highest BCUT2D eigenvalue weighted by Crippen LogP contribution is 2.28. The number of anilines is 1. The van der Waals surface area contributed by atoms with E-state index in [1.54, 1.807) is 0 Å². The number of hydrogen-bond donors (Lipinski definition) is 2. The second-order valence-electron chi connectivity index (χ2n) is 4.43. The molecule has 1 aromatic heterocycles. The maximum atomic E-state index is 12.9. The molecule has 2 rings (SSSR count). The summed E-state index contributed by atoms with van der Waals surface area (Å²) in [4.78, 5) is 15.3. The lowest BCUT2D eigenvalue weighted by molar-refractivity contribution is 0.0949. The molecule has 0 atom stereocenters. The molecule has 1 aliphatic rings. The molecule has 17 heavy (non-hydrogen) atoms. The zero-order valence-electron chi connectivity index (χ0n) is 9.58. The normalized spacial score (nSPS) is 15.4. The molecule has 0 saturated heterocycles. The van der Waals surface area contributed by atoms with Crippen molar-refractivity contribution < 1.29 is 9.18 Å². The first-order valence-electron chi connectivity index (χ1n) is 5.86. The highest BCUT2D eigenvalue weighted by atomic mass is 19.1. The number of nitrogens with one attached hydrogen (secondary N) is 1. The summed E-state index contributed by atoms with van der Waals surface area (Å²) in [6.07, 6.45) is 5.77. The van der Waals surface area contributed by atoms with Crippen molar-refractivity contribution in [3.05, 3.63) is 23.6 Å². The van der Waals surface area contributed by atoms with Crippen molar-refractivity contribution in [2.45, 2.75) is 25.7 Å². The van der Waals surface area contributed by atoms with Gasteiger partial charge in [0.05, 0.1) is 11.8 Å². The molecule has 1 amide bonds. The molecule has 1 aromatic rings. The van der Waals surface area contributed by atoms with Crippen molar-refractivity contribution in [2.75, 3.05) is 12.3 Å². The van der Waals surface area contributed by atoms with Gasteiger partial charge in [0.15, 0.2) is 0 Å². The monoisotopic (exact) mass is 237 g/mol. The van der Waals surface area contributed by atoms with Crippen LogP contribution in [0.3, 0.4) is 0 Å². The van der Waals surface area contributed by atoms with Crippen LogP contribution in [0.2, 0.25) is 0 Å². The number of carbonyl (C=O) groups excluding carboxylic acids is 1. The van der Waals surface area contributed by atoms with E-state index in [-0.39, 0.29) is 17.3 Å². The maximum absolute atomic E-state index is 12.9. The lowest BCUT2D eigenvalue weighted by Gasteiger charge is -2.25. The van der Waals surface area contributed by atoms with Crippen molar-refractivity contribution in [2.24, 2.45) is 5.92 Å². The molecule has 1 fully saturated rings. The van der Waals surface area contributed by atoms with E-state index in [0.29, 0.717) is 6.54 Å². The molecule has 0 unspecified atom stereocenters. The molecule has 0 aromatic carbocycles. The Morgan fingerprint density at radius 1 is 1.59 bits per heavy atom. The average Bonchev–Trinajstić information content (AvgIpc) is 2.25. The zero-order valence-corrected chi connectivity index (χ0v) is 9.58. The van der Waals surface area contributed by atoms with Crippen LogP contribution >= 0.6 is 0 Å². The first kappa shape index (κ1) is 11.8. The van der Waals surface area contributed by atoms with E-state index >= 15 is 0 Å². The fraction of sp³-hybridized carbons (Fsp3) is 0.500. The molecule has 0 bridgehead atoms. The number of amides is 1. The van der Waals surface area contributed by atoms with Gasteiger partial charge in [-0.3, -0.25) is 4.79 Å². The number of hydrogen-bond acceptors (Lipinski definition) is 3. The second-order valence-corrected chi connectivity index (χ2v) is 4.43. The van der Waals surface area contributed by atoms with E-state index in [2.05, 4.69) is 10.3 Å². The first-order valence-corrected chi connectivity index (χ1v) is 5.86. The predicted octanol–water partition coefficient (Wildman–Crippen LogP) is 1.72. The van der Waals surface area contributed by atoms with Gasteiger partial charge in [0.2, 0.25) is 0 Å². The molecule has 0 radical (unpaired) electrons. The lowest BCUT2D eigenvalue weighted by atomic mass is 9.83. The number of pyridine rings is 1. The van der Waals surface area contributed by atoms with Gasteiger partial charge < -0.3 is 11.1 Å². The highest BCUT2D eigenvalue weighted by Gasteiger charge is 2.17. The van der Waals surface area contributed by atoms with Gasteiger partial charge in [0.1, 0.15) is 11.6 Å². The number of carbonyl (C=O) groups is 1. The number of halogens is 1. The second kappa shape index (κ2) is 5.12. The fourth-order valence-electron chi connectivity index (χ4n) is 1.90. The summed E-state index contributed by atoms with van der Waals surface area (Å²) < 4.78 is 12.9. The Morgan fingerprint density at radius 3 is 3.00 bits per heavy atom. The van der Waals surface area contributed by atoms with Crippen LogP contribution in [0.1, 0.15) is 36.0 Å². The summed E-state index contributed by atoms with van der Waals surface area (Å²) in [5.74, 6) is -0.108. The minimum Gasteiger partial charge on any atom is -0.383 e. The van der Waals surface area contributed by atoms with E-state index in [1.807, 2.05) is 0 Å². The van der Waals surface area contributed by atoms with Crippen LogP contribution in [0.25, 0.3) is 0 Å². The van der Waals surface area contributed by atoms with E-state index in [9.17, 15) is 9.18 Å². The van der Waals surface area contributed by atoms with Crippen molar-refractivity contribution in [3.8, 4) is 0 Å². The van der Waals surface area contributed by atoms with Crippen molar-refractivity contribution in [3.63, 3.8) is 0 Å². The number of nitrogens with two attached hydrogens (primary N) is 1. The van der Waals surface area contributed by atoms with Crippen molar-refractivity contribution >= 4 is 11.7 Å². The predicted molar refractivity (Wildman–Crippen MR) is 62.9 cm³/mol. The van der Waals surface area contributed by atoms with Crippen LogP contribution in [-0.4, -0.2) is 17.4 Å². The average molecular weight is 237 g/mol. The Hall–Kier alpha value is -1.65. The fourth-order valence-corrected chi connectivity index (χ4v) is 1.90. The van der Waals surface area contributed by atoms with Crippen LogP contribution in [-0.2, 0) is 0 Å². The van der Waals surface area contributed by atoms with Gasteiger partial charge in [-0.05, 0) is 18.4 Å². The molecule has 1 heterocycles. The molecule has 92 valence electrons. The number of nitrogens with zero attached hydrogens (tertiary/aromatic N) is 1. The topological polar surface area (TPSA) is 68.0 Å². The summed E-state index contributed by atoms with van der Waals surface area (Å²) in [7, 11) is 0. The molecule has 0 aliphatic heterocycles. The van der Waals surface area contributed by atoms with Crippen LogP contribution in [0.5, 0.6) is 0 Å². The van der Waals surface area contributed by atoms with Gasteiger partial charge in [-0.15, -0.1) is 0 Å². The summed E-state index contributed by atoms with van der Waals surface area (Å²) >= 11 is 0. The van der Waals surface area contributed by atoms with Crippen LogP contribution in [0.15, 0.2) is 12.3 Å². The zero-order chi connectivity index (χ0) is 12.3. The molecular formula is C12H16FN3O. The van der Waals surface area contributed by atoms with Gasteiger partial charge in [0.25, 0.3) is 5.91 Å². The first-order chi connectivity index (χ1) is 8.16. The largest absolute Gasteiger partial charge is 0.383 e. The Bertz CT molecular complexity index is 418. The van der Waals surface area contributed by atoms with Gasteiger partial charge in [-0.25, -0.2) is 9.37 Å². The Kier molecular flexibility index (Phi) is 3.56. The van der Waals surface area contributed by atoms with Crippen molar-refractivity contribution in [1.82, 2.24) is 10.3 Å². The quantitative estimate of drug-likeness (QED) is 0.837. The standard InChI is InChI=1S/C12H16FN3O/c13-9-6-10(11(14)16-7-9)12(17)15-5-4-8-2-1-3-8/h6-8H,1-5H2,(H2,14,16)(H,15,17). The minimum absolute atomic E-state index is 0.0625. The van der Waals surface area contributed by atoms with E-state index in [4.69, 9.17) is 5.73 Å². The van der Waals surface area contributed by atoms with E-state index < -0.39 is 5.82 Å². The third-order valence-corrected chi connectivity index (χ3v) is 3.19. The van der Waals surface area contributed by atoms with Gasteiger partial charge in [-0.1, -0.05) is 19.3 Å². The molecule has 1 aliphatic carbocycles. The molecule has 1 saturated carbocycles. The molecule has 4 nitrogen and oxygen atoms in total. The van der Waals surface area contributed by atoms with Crippen LogP contribution < -0.4 is 11.1 Å². The highest BCUT2D eigenvalue weighted by molar-refractivity contribution is 5.98. The summed E-state index contributed by atoms with van der Waals surface area (Å²) in [5, 5.41) is 2.74. The van der Waals surface area contributed by atoms with Gasteiger partial charge >= 0.3 is 0 Å². The minimum atomic E-state index is -0.552. The van der Waals surface area contributed by atoms with E-state index in [1.165, 1.54) is 19.3 Å². The Labute approximate surface area is 99.4 Å². The Balaban J connectivity index is 1.87. The van der Waals surface area contributed by atoms with Gasteiger partial charge in [0, 0.05) is 6.54 Å². The van der Waals surface area contributed by atoms with Gasteiger partial charge in [-0.2, -0.15) is 0 Å². The summed E-state index contributed by atoms with van der Waals surface area (Å²) in [6.45, 7) is 0.611. The molecule has 3 N–H and O–H groups in total. The third kappa shape index (κ3) is 2.93. The smallest absolute Gasteiger partial charge is 0.255 e. The summed E-state index contributed by atoms with van der Waals surface area (Å²) in [6, 6.07) is 1.11. The Morgan fingerprint density at radius 2 is 2.35 bits per heavy atom. The van der Waals surface area contributed by atoms with Crippen LogP contribution in [0.4, 0.5) is 10.2 Å². The van der Waals surface area contributed by atoms with E-state index in [0.717, 1.165) is 24.6 Å². The van der Waals surface area contributed by atoms with Crippen LogP contribution in [0, 0.1) is 11.7 Å².